The zero-order valence-electron chi connectivity index (χ0n) is 12.1. The van der Waals surface area contributed by atoms with Crippen molar-refractivity contribution >= 4 is 11.8 Å². The SMILES string of the molecule is CCC1NC(=O)C(CC)N(Cc2ccnc(C)n2)C1=O. The minimum absolute atomic E-state index is 0.0322. The largest absolute Gasteiger partial charge is 0.343 e. The molecule has 2 rings (SSSR count). The Morgan fingerprint density at radius 2 is 2.05 bits per heavy atom. The Morgan fingerprint density at radius 3 is 2.65 bits per heavy atom. The minimum Gasteiger partial charge on any atom is -0.343 e. The highest BCUT2D eigenvalue weighted by atomic mass is 16.2. The number of rotatable bonds is 4. The second-order valence-electron chi connectivity index (χ2n) is 4.95. The van der Waals surface area contributed by atoms with Gasteiger partial charge in [-0.3, -0.25) is 9.59 Å². The molecule has 6 heteroatoms. The fourth-order valence-corrected chi connectivity index (χ4v) is 2.46. The van der Waals surface area contributed by atoms with E-state index in [1.807, 2.05) is 13.8 Å². The number of piperazine rings is 1. The van der Waals surface area contributed by atoms with E-state index >= 15 is 0 Å². The summed E-state index contributed by atoms with van der Waals surface area (Å²) in [5.74, 6) is 0.552. The number of amides is 2. The second kappa shape index (κ2) is 5.98. The maximum absolute atomic E-state index is 12.4. The standard InChI is InChI=1S/C14H20N4O2/c1-4-11-14(20)18(12(5-2)13(19)17-11)8-10-6-7-15-9(3)16-10/h6-7,11-12H,4-5,8H2,1-3H3,(H,17,19). The van der Waals surface area contributed by atoms with Gasteiger partial charge >= 0.3 is 0 Å². The van der Waals surface area contributed by atoms with Crippen molar-refractivity contribution in [3.63, 3.8) is 0 Å². The van der Waals surface area contributed by atoms with Gasteiger partial charge in [0.1, 0.15) is 17.9 Å². The molecule has 6 nitrogen and oxygen atoms in total. The summed E-state index contributed by atoms with van der Waals surface area (Å²) in [6, 6.07) is 0.939. The first kappa shape index (κ1) is 14.4. The highest BCUT2D eigenvalue weighted by Gasteiger charge is 2.38. The molecule has 0 aliphatic carbocycles. The summed E-state index contributed by atoms with van der Waals surface area (Å²) in [6.07, 6.45) is 2.86. The molecule has 20 heavy (non-hydrogen) atoms. The number of carbonyl (C=O) groups is 2. The van der Waals surface area contributed by atoms with Crippen LogP contribution in [0.5, 0.6) is 0 Å². The normalized spacial score (nSPS) is 22.9. The average molecular weight is 276 g/mol. The summed E-state index contributed by atoms with van der Waals surface area (Å²) in [5, 5.41) is 2.78. The lowest BCUT2D eigenvalue weighted by atomic mass is 10.0. The van der Waals surface area contributed by atoms with Gasteiger partial charge in [-0.05, 0) is 25.8 Å². The Bertz CT molecular complexity index is 518. The predicted molar refractivity (Wildman–Crippen MR) is 73.6 cm³/mol. The Labute approximate surface area is 118 Å². The van der Waals surface area contributed by atoms with Crippen LogP contribution in [0.4, 0.5) is 0 Å². The zero-order valence-corrected chi connectivity index (χ0v) is 12.1. The molecule has 1 aliphatic heterocycles. The van der Waals surface area contributed by atoms with E-state index < -0.39 is 12.1 Å². The van der Waals surface area contributed by atoms with Gasteiger partial charge in [-0.15, -0.1) is 0 Å². The Kier molecular flexibility index (Phi) is 4.32. The first-order chi connectivity index (χ1) is 9.56. The Morgan fingerprint density at radius 1 is 1.30 bits per heavy atom. The zero-order chi connectivity index (χ0) is 14.7. The van der Waals surface area contributed by atoms with Gasteiger partial charge in [0.05, 0.1) is 12.2 Å². The summed E-state index contributed by atoms with van der Waals surface area (Å²) in [6.45, 7) is 5.95. The van der Waals surface area contributed by atoms with Gasteiger partial charge in [0.2, 0.25) is 11.8 Å². The highest BCUT2D eigenvalue weighted by Crippen LogP contribution is 2.17. The molecule has 0 aromatic carbocycles. The van der Waals surface area contributed by atoms with E-state index in [-0.39, 0.29) is 11.8 Å². The summed E-state index contributed by atoms with van der Waals surface area (Å²) >= 11 is 0. The van der Waals surface area contributed by atoms with Gasteiger partial charge in [0, 0.05) is 6.20 Å². The average Bonchev–Trinajstić information content (AvgIpc) is 2.43. The third kappa shape index (κ3) is 2.79. The number of nitrogens with zero attached hydrogens (tertiary/aromatic N) is 3. The van der Waals surface area contributed by atoms with Crippen LogP contribution >= 0.6 is 0 Å². The van der Waals surface area contributed by atoms with E-state index in [0.29, 0.717) is 25.2 Å². The number of nitrogens with one attached hydrogen (secondary N) is 1. The highest BCUT2D eigenvalue weighted by molar-refractivity contribution is 5.96. The van der Waals surface area contributed by atoms with E-state index in [4.69, 9.17) is 0 Å². The molecule has 1 fully saturated rings. The number of aromatic nitrogens is 2. The lowest BCUT2D eigenvalue weighted by Gasteiger charge is -2.38. The molecule has 1 aromatic rings. The van der Waals surface area contributed by atoms with E-state index in [1.54, 1.807) is 24.1 Å². The molecular weight excluding hydrogens is 256 g/mol. The van der Waals surface area contributed by atoms with Gasteiger partial charge in [-0.25, -0.2) is 9.97 Å². The first-order valence-corrected chi connectivity index (χ1v) is 6.96. The van der Waals surface area contributed by atoms with Crippen molar-refractivity contribution in [2.75, 3.05) is 0 Å². The third-order valence-electron chi connectivity index (χ3n) is 3.54. The number of hydrogen-bond donors (Lipinski definition) is 1. The van der Waals surface area contributed by atoms with Crippen molar-refractivity contribution in [2.45, 2.75) is 52.2 Å². The fraction of sp³-hybridized carbons (Fsp3) is 0.571. The second-order valence-corrected chi connectivity index (χ2v) is 4.95. The van der Waals surface area contributed by atoms with Crippen LogP contribution in [0.25, 0.3) is 0 Å². The molecule has 1 saturated heterocycles. The summed E-state index contributed by atoms with van der Waals surface area (Å²) in [4.78, 5) is 34.5. The monoisotopic (exact) mass is 276 g/mol. The van der Waals surface area contributed by atoms with Crippen LogP contribution < -0.4 is 5.32 Å². The van der Waals surface area contributed by atoms with Gasteiger partial charge < -0.3 is 10.2 Å². The van der Waals surface area contributed by atoms with Gasteiger partial charge in [-0.2, -0.15) is 0 Å². The smallest absolute Gasteiger partial charge is 0.246 e. The molecule has 2 amide bonds. The molecule has 1 N–H and O–H groups in total. The van der Waals surface area contributed by atoms with Crippen LogP contribution in [-0.2, 0) is 16.1 Å². The van der Waals surface area contributed by atoms with Crippen molar-refractivity contribution in [1.29, 1.82) is 0 Å². The quantitative estimate of drug-likeness (QED) is 0.882. The molecular formula is C14H20N4O2. The van der Waals surface area contributed by atoms with Crippen LogP contribution in [0.3, 0.4) is 0 Å². The molecule has 108 valence electrons. The third-order valence-corrected chi connectivity index (χ3v) is 3.54. The van der Waals surface area contributed by atoms with Crippen LogP contribution in [0.1, 0.15) is 38.2 Å². The van der Waals surface area contributed by atoms with E-state index in [1.165, 1.54) is 0 Å². The molecule has 2 unspecified atom stereocenters. The van der Waals surface area contributed by atoms with Crippen molar-refractivity contribution in [2.24, 2.45) is 0 Å². The lowest BCUT2D eigenvalue weighted by molar-refractivity contribution is -0.150. The molecule has 0 spiro atoms. The molecule has 2 atom stereocenters. The Balaban J connectivity index is 2.24. The lowest BCUT2D eigenvalue weighted by Crippen LogP contribution is -2.62. The van der Waals surface area contributed by atoms with E-state index in [0.717, 1.165) is 5.69 Å². The molecule has 0 bridgehead atoms. The fourth-order valence-electron chi connectivity index (χ4n) is 2.46. The van der Waals surface area contributed by atoms with Crippen molar-refractivity contribution < 1.29 is 9.59 Å². The van der Waals surface area contributed by atoms with Gasteiger partial charge in [0.15, 0.2) is 0 Å². The number of hydrogen-bond acceptors (Lipinski definition) is 4. The molecule has 1 aromatic heterocycles. The van der Waals surface area contributed by atoms with Crippen LogP contribution in [0.15, 0.2) is 12.3 Å². The van der Waals surface area contributed by atoms with Crippen molar-refractivity contribution in [1.82, 2.24) is 20.2 Å². The van der Waals surface area contributed by atoms with Gasteiger partial charge in [-0.1, -0.05) is 13.8 Å². The summed E-state index contributed by atoms with van der Waals surface area (Å²) < 4.78 is 0. The minimum atomic E-state index is -0.423. The van der Waals surface area contributed by atoms with E-state index in [9.17, 15) is 9.59 Å². The Hall–Kier alpha value is -1.98. The molecule has 1 aliphatic rings. The predicted octanol–water partition coefficient (Wildman–Crippen LogP) is 0.801. The number of carbonyl (C=O) groups excluding carboxylic acids is 2. The number of aryl methyl sites for hydroxylation is 1. The van der Waals surface area contributed by atoms with Crippen LogP contribution in [0.2, 0.25) is 0 Å². The van der Waals surface area contributed by atoms with Crippen LogP contribution in [0, 0.1) is 6.92 Å². The maximum atomic E-state index is 12.4. The van der Waals surface area contributed by atoms with Crippen LogP contribution in [-0.4, -0.2) is 38.8 Å². The maximum Gasteiger partial charge on any atom is 0.246 e. The topological polar surface area (TPSA) is 75.2 Å². The van der Waals surface area contributed by atoms with Crippen molar-refractivity contribution in [3.8, 4) is 0 Å². The molecule has 0 radical (unpaired) electrons. The molecule has 2 heterocycles. The van der Waals surface area contributed by atoms with Gasteiger partial charge in [0.25, 0.3) is 0 Å². The van der Waals surface area contributed by atoms with Crippen molar-refractivity contribution in [3.05, 3.63) is 23.8 Å². The summed E-state index contributed by atoms with van der Waals surface area (Å²) in [5.41, 5.74) is 0.758. The van der Waals surface area contributed by atoms with E-state index in [2.05, 4.69) is 15.3 Å². The first-order valence-electron chi connectivity index (χ1n) is 6.96. The molecule has 0 saturated carbocycles. The summed E-state index contributed by atoms with van der Waals surface area (Å²) in [7, 11) is 0.